The van der Waals surface area contributed by atoms with Crippen molar-refractivity contribution in [2.45, 2.75) is 38.0 Å². The van der Waals surface area contributed by atoms with Gasteiger partial charge in [0, 0.05) is 13.0 Å². The zero-order valence-corrected chi connectivity index (χ0v) is 10.8. The van der Waals surface area contributed by atoms with Crippen molar-refractivity contribution in [1.29, 1.82) is 5.26 Å². The van der Waals surface area contributed by atoms with Crippen LogP contribution in [0.4, 0.5) is 3.89 Å². The summed E-state index contributed by atoms with van der Waals surface area (Å²) < 4.78 is 34.4. The molecule has 1 heterocycles. The van der Waals surface area contributed by atoms with Gasteiger partial charge in [-0.3, -0.25) is 4.79 Å². The largest absolute Gasteiger partial charge is 0.323 e. The highest BCUT2D eigenvalue weighted by Gasteiger charge is 2.47. The second kappa shape index (κ2) is 4.26. The van der Waals surface area contributed by atoms with E-state index in [-0.39, 0.29) is 18.9 Å². The van der Waals surface area contributed by atoms with Crippen LogP contribution in [0.5, 0.6) is 0 Å². The summed E-state index contributed by atoms with van der Waals surface area (Å²) in [5.74, 6) is -0.661. The molecule has 0 spiro atoms. The number of rotatable bonds is 3. The van der Waals surface area contributed by atoms with Crippen LogP contribution in [-0.2, 0) is 15.0 Å². The van der Waals surface area contributed by atoms with Crippen molar-refractivity contribution in [2.24, 2.45) is 5.92 Å². The monoisotopic (exact) mass is 262 g/mol. The zero-order chi connectivity index (χ0) is 13.4. The van der Waals surface area contributed by atoms with Gasteiger partial charge < -0.3 is 4.90 Å². The Labute approximate surface area is 100 Å². The van der Waals surface area contributed by atoms with E-state index in [1.165, 1.54) is 4.90 Å². The molecule has 0 bridgehead atoms. The Balaban J connectivity index is 3.04. The molecule has 0 radical (unpaired) electrons. The molecule has 1 amide bonds. The Morgan fingerprint density at radius 2 is 2.12 bits per heavy atom. The molecule has 1 fully saturated rings. The smallest absolute Gasteiger partial charge is 0.307 e. The van der Waals surface area contributed by atoms with Crippen molar-refractivity contribution in [3.8, 4) is 6.07 Å². The Morgan fingerprint density at radius 1 is 1.59 bits per heavy atom. The molecule has 1 aliphatic rings. The molecule has 1 saturated heterocycles. The normalized spacial score (nSPS) is 24.8. The van der Waals surface area contributed by atoms with Crippen molar-refractivity contribution >= 4 is 16.1 Å². The van der Waals surface area contributed by atoms with Crippen LogP contribution >= 0.6 is 0 Å². The first-order valence-corrected chi connectivity index (χ1v) is 6.72. The van der Waals surface area contributed by atoms with Gasteiger partial charge in [0.25, 0.3) is 0 Å². The number of nitrogens with zero attached hydrogens (tertiary/aromatic N) is 2. The molecular formula is C10H15FN2O3S. The number of amides is 1. The lowest BCUT2D eigenvalue weighted by atomic mass is 9.88. The van der Waals surface area contributed by atoms with E-state index >= 15 is 0 Å². The van der Waals surface area contributed by atoms with E-state index in [1.807, 2.05) is 6.07 Å². The minimum Gasteiger partial charge on any atom is -0.323 e. The topological polar surface area (TPSA) is 78.2 Å². The summed E-state index contributed by atoms with van der Waals surface area (Å²) >= 11 is 0. The molecule has 0 saturated carbocycles. The van der Waals surface area contributed by atoms with Gasteiger partial charge in [0.1, 0.15) is 10.8 Å². The van der Waals surface area contributed by atoms with Gasteiger partial charge in [0.05, 0.1) is 6.07 Å². The number of halogens is 1. The van der Waals surface area contributed by atoms with Gasteiger partial charge in [-0.1, -0.05) is 13.8 Å². The third-order valence-corrected chi connectivity index (χ3v) is 4.51. The van der Waals surface area contributed by atoms with Crippen LogP contribution in [0.2, 0.25) is 0 Å². The summed E-state index contributed by atoms with van der Waals surface area (Å²) in [5, 5.41) is 7.79. The van der Waals surface area contributed by atoms with Crippen LogP contribution in [0.25, 0.3) is 0 Å². The highest BCUT2D eigenvalue weighted by atomic mass is 32.3. The second-order valence-corrected chi connectivity index (χ2v) is 6.34. The second-order valence-electron chi connectivity index (χ2n) is 4.72. The predicted octanol–water partition coefficient (Wildman–Crippen LogP) is 0.825. The fourth-order valence-corrected chi connectivity index (χ4v) is 2.48. The summed E-state index contributed by atoms with van der Waals surface area (Å²) in [6.07, 6.45) is -0.386. The molecule has 7 heteroatoms. The number of likely N-dealkylation sites (tertiary alicyclic amines) is 1. The molecule has 2 unspecified atom stereocenters. The van der Waals surface area contributed by atoms with Gasteiger partial charge in [-0.05, 0) is 12.8 Å². The number of hydrogen-bond donors (Lipinski definition) is 0. The van der Waals surface area contributed by atoms with Gasteiger partial charge in [-0.2, -0.15) is 13.7 Å². The van der Waals surface area contributed by atoms with Crippen molar-refractivity contribution in [3.63, 3.8) is 0 Å². The van der Waals surface area contributed by atoms with Crippen LogP contribution in [0.1, 0.15) is 27.2 Å². The molecule has 1 aliphatic heterocycles. The van der Waals surface area contributed by atoms with Crippen LogP contribution in [-0.4, -0.2) is 36.6 Å². The van der Waals surface area contributed by atoms with Crippen LogP contribution < -0.4 is 0 Å². The van der Waals surface area contributed by atoms with Crippen molar-refractivity contribution in [2.75, 3.05) is 6.54 Å². The van der Waals surface area contributed by atoms with E-state index in [9.17, 15) is 17.1 Å². The Morgan fingerprint density at radius 3 is 2.41 bits per heavy atom. The number of hydrogen-bond acceptors (Lipinski definition) is 4. The third-order valence-electron chi connectivity index (χ3n) is 3.40. The minimum atomic E-state index is -4.73. The summed E-state index contributed by atoms with van der Waals surface area (Å²) in [5.41, 5.74) is -1.10. The van der Waals surface area contributed by atoms with E-state index < -0.39 is 26.9 Å². The van der Waals surface area contributed by atoms with Crippen molar-refractivity contribution < 1.29 is 17.1 Å². The quantitative estimate of drug-likeness (QED) is 0.705. The van der Waals surface area contributed by atoms with Crippen molar-refractivity contribution in [1.82, 2.24) is 4.90 Å². The lowest BCUT2D eigenvalue weighted by Crippen LogP contribution is -2.50. The molecule has 5 nitrogen and oxygen atoms in total. The van der Waals surface area contributed by atoms with Gasteiger partial charge in [0.15, 0.2) is 0 Å². The van der Waals surface area contributed by atoms with E-state index in [2.05, 4.69) is 0 Å². The molecule has 2 atom stereocenters. The average molecular weight is 262 g/mol. The highest BCUT2D eigenvalue weighted by molar-refractivity contribution is 7.87. The highest BCUT2D eigenvalue weighted by Crippen LogP contribution is 2.31. The first-order chi connectivity index (χ1) is 7.63. The average Bonchev–Trinajstić information content (AvgIpc) is 2.58. The summed E-state index contributed by atoms with van der Waals surface area (Å²) in [7, 11) is -4.73. The molecular weight excluding hydrogens is 247 g/mol. The van der Waals surface area contributed by atoms with Gasteiger partial charge >= 0.3 is 10.2 Å². The fraction of sp³-hybridized carbons (Fsp3) is 0.800. The molecule has 0 aromatic heterocycles. The van der Waals surface area contributed by atoms with Crippen LogP contribution in [0.3, 0.4) is 0 Å². The third kappa shape index (κ3) is 2.41. The molecule has 17 heavy (non-hydrogen) atoms. The van der Waals surface area contributed by atoms with Gasteiger partial charge in [0.2, 0.25) is 5.91 Å². The number of carbonyl (C=O) groups excluding carboxylic acids is 1. The first-order valence-electron chi connectivity index (χ1n) is 5.28. The maximum Gasteiger partial charge on any atom is 0.307 e. The van der Waals surface area contributed by atoms with Crippen LogP contribution in [0.15, 0.2) is 0 Å². The summed E-state index contributed by atoms with van der Waals surface area (Å²) in [4.78, 5) is 12.9. The Kier molecular flexibility index (Phi) is 3.48. The van der Waals surface area contributed by atoms with Crippen molar-refractivity contribution in [3.05, 3.63) is 0 Å². The predicted molar refractivity (Wildman–Crippen MR) is 59.0 cm³/mol. The standard InChI is InChI=1S/C10H15FN2O3S/c1-7(2)10(3,6-12)13-5-8(4-9(13)14)17(11,15)16/h7-8H,4-5H2,1-3H3. The first kappa shape index (κ1) is 13.9. The Hall–Kier alpha value is -1.16. The minimum absolute atomic E-state index is 0.169. The SMILES string of the molecule is CC(C)C(C)(C#N)N1CC(S(=O)(=O)F)CC1=O. The van der Waals surface area contributed by atoms with Gasteiger partial charge in [-0.25, -0.2) is 0 Å². The van der Waals surface area contributed by atoms with E-state index in [1.54, 1.807) is 20.8 Å². The van der Waals surface area contributed by atoms with Gasteiger partial charge in [-0.15, -0.1) is 3.89 Å². The lowest BCUT2D eigenvalue weighted by molar-refractivity contribution is -0.132. The molecule has 0 aromatic carbocycles. The van der Waals surface area contributed by atoms with E-state index in [0.29, 0.717) is 0 Å². The lowest BCUT2D eigenvalue weighted by Gasteiger charge is -2.36. The number of nitriles is 1. The molecule has 0 N–H and O–H groups in total. The maximum atomic E-state index is 12.8. The summed E-state index contributed by atoms with van der Waals surface area (Å²) in [6.45, 7) is 4.82. The Bertz CT molecular complexity index is 468. The van der Waals surface area contributed by atoms with E-state index in [4.69, 9.17) is 5.26 Å². The van der Waals surface area contributed by atoms with E-state index in [0.717, 1.165) is 0 Å². The zero-order valence-electron chi connectivity index (χ0n) is 9.97. The molecule has 1 rings (SSSR count). The summed E-state index contributed by atoms with van der Waals surface area (Å²) in [6, 6.07) is 2.01. The van der Waals surface area contributed by atoms with Crippen LogP contribution in [0, 0.1) is 17.2 Å². The molecule has 0 aromatic rings. The number of carbonyl (C=O) groups is 1. The molecule has 96 valence electrons. The fourth-order valence-electron chi connectivity index (χ4n) is 1.81. The maximum absolute atomic E-state index is 12.8. The molecule has 0 aliphatic carbocycles.